The number of hydrogen-bond acceptors (Lipinski definition) is 5. The van der Waals surface area contributed by atoms with Crippen LogP contribution < -0.4 is 10.1 Å². The van der Waals surface area contributed by atoms with Crippen molar-refractivity contribution in [2.75, 3.05) is 20.8 Å². The van der Waals surface area contributed by atoms with Crippen molar-refractivity contribution in [1.82, 2.24) is 5.32 Å². The summed E-state index contributed by atoms with van der Waals surface area (Å²) in [5.41, 5.74) is 0.0968. The van der Waals surface area contributed by atoms with E-state index in [1.807, 2.05) is 0 Å². The molecule has 0 aromatic heterocycles. The molecule has 110 valence electrons. The predicted molar refractivity (Wildman–Crippen MR) is 71.6 cm³/mol. The number of carbonyl (C=O) groups is 1. The van der Waals surface area contributed by atoms with Gasteiger partial charge in [0.25, 0.3) is 0 Å². The third-order valence-electron chi connectivity index (χ3n) is 3.58. The third-order valence-corrected chi connectivity index (χ3v) is 3.58. The van der Waals surface area contributed by atoms with E-state index in [2.05, 4.69) is 5.32 Å². The lowest BCUT2D eigenvalue weighted by Crippen LogP contribution is -2.59. The molecule has 6 heteroatoms. The fourth-order valence-corrected chi connectivity index (χ4v) is 2.55. The Hall–Kier alpha value is -1.79. The number of nitrogens with one attached hydrogen (secondary N) is 1. The van der Waals surface area contributed by atoms with Gasteiger partial charge in [-0.25, -0.2) is 0 Å². The molecule has 20 heavy (non-hydrogen) atoms. The summed E-state index contributed by atoms with van der Waals surface area (Å²) in [6, 6.07) is 3.22. The van der Waals surface area contributed by atoms with Crippen LogP contribution in [0.2, 0.25) is 0 Å². The fourth-order valence-electron chi connectivity index (χ4n) is 2.55. The summed E-state index contributed by atoms with van der Waals surface area (Å²) in [4.78, 5) is 11.6. The molecule has 0 fully saturated rings. The predicted octanol–water partition coefficient (Wildman–Crippen LogP) is 1.04. The molecule has 2 N–H and O–H groups in total. The highest BCUT2D eigenvalue weighted by atomic mass is 16.6. The zero-order valence-electron chi connectivity index (χ0n) is 12.0. The maximum atomic E-state index is 11.6. The van der Waals surface area contributed by atoms with E-state index in [0.29, 0.717) is 16.9 Å². The van der Waals surface area contributed by atoms with Crippen molar-refractivity contribution in [2.24, 2.45) is 0 Å². The van der Waals surface area contributed by atoms with Crippen LogP contribution in [0.1, 0.15) is 18.1 Å². The minimum absolute atomic E-state index is 0.132. The summed E-state index contributed by atoms with van der Waals surface area (Å²) in [6.45, 7) is 3.37. The maximum absolute atomic E-state index is 11.6. The Labute approximate surface area is 117 Å². The highest BCUT2D eigenvalue weighted by molar-refractivity contribution is 5.74. The molecule has 0 spiro atoms. The van der Waals surface area contributed by atoms with Crippen LogP contribution in [-0.2, 0) is 20.0 Å². The first-order valence-corrected chi connectivity index (χ1v) is 6.28. The average molecular weight is 281 g/mol. The van der Waals surface area contributed by atoms with E-state index in [-0.39, 0.29) is 18.3 Å². The SMILES string of the molecule is COC1COc2c(ccc(O)c2C)C1(NC(C)=O)OC. The largest absolute Gasteiger partial charge is 0.508 e. The van der Waals surface area contributed by atoms with Crippen molar-refractivity contribution in [3.63, 3.8) is 0 Å². The molecule has 0 saturated carbocycles. The van der Waals surface area contributed by atoms with E-state index in [0.717, 1.165) is 0 Å². The topological polar surface area (TPSA) is 77.0 Å². The number of amides is 1. The fraction of sp³-hybridized carbons (Fsp3) is 0.500. The highest BCUT2D eigenvalue weighted by Crippen LogP contribution is 2.43. The number of ether oxygens (including phenoxy) is 3. The summed E-state index contributed by atoms with van der Waals surface area (Å²) in [5.74, 6) is 0.397. The van der Waals surface area contributed by atoms with Crippen molar-refractivity contribution in [3.05, 3.63) is 23.3 Å². The normalized spacial score (nSPS) is 24.7. The van der Waals surface area contributed by atoms with Gasteiger partial charge in [0.2, 0.25) is 5.91 Å². The smallest absolute Gasteiger partial charge is 0.219 e. The van der Waals surface area contributed by atoms with Crippen molar-refractivity contribution >= 4 is 5.91 Å². The van der Waals surface area contributed by atoms with Crippen LogP contribution in [0.15, 0.2) is 12.1 Å². The molecule has 0 aliphatic carbocycles. The van der Waals surface area contributed by atoms with Gasteiger partial charge >= 0.3 is 0 Å². The molecular formula is C14H19NO5. The molecule has 1 heterocycles. The number of rotatable bonds is 3. The molecule has 2 unspecified atom stereocenters. The molecule has 1 aromatic rings. The summed E-state index contributed by atoms with van der Waals surface area (Å²) < 4.78 is 16.7. The van der Waals surface area contributed by atoms with Gasteiger partial charge in [-0.15, -0.1) is 0 Å². The lowest BCUT2D eigenvalue weighted by molar-refractivity contribution is -0.173. The number of methoxy groups -OCH3 is 2. The number of phenols is 1. The minimum atomic E-state index is -1.13. The first-order valence-electron chi connectivity index (χ1n) is 6.28. The lowest BCUT2D eigenvalue weighted by atomic mass is 9.91. The lowest BCUT2D eigenvalue weighted by Gasteiger charge is -2.43. The second kappa shape index (κ2) is 5.30. The van der Waals surface area contributed by atoms with Crippen LogP contribution in [0, 0.1) is 6.92 Å². The Balaban J connectivity index is 2.63. The van der Waals surface area contributed by atoms with Crippen LogP contribution >= 0.6 is 0 Å². The number of fused-ring (bicyclic) bond motifs is 1. The van der Waals surface area contributed by atoms with Crippen LogP contribution in [0.25, 0.3) is 0 Å². The van der Waals surface area contributed by atoms with Gasteiger partial charge in [0.05, 0.1) is 0 Å². The Kier molecular flexibility index (Phi) is 3.87. The average Bonchev–Trinajstić information content (AvgIpc) is 2.42. The summed E-state index contributed by atoms with van der Waals surface area (Å²) in [7, 11) is 3.03. The molecule has 1 aliphatic heterocycles. The standard InChI is InChI=1S/C14H19NO5/c1-8-11(17)6-5-10-13(8)20-7-12(18-3)14(10,19-4)15-9(2)16/h5-6,12,17H,7H2,1-4H3,(H,15,16). The molecular weight excluding hydrogens is 262 g/mol. The number of carbonyl (C=O) groups excluding carboxylic acids is 1. The van der Waals surface area contributed by atoms with E-state index in [1.165, 1.54) is 21.1 Å². The summed E-state index contributed by atoms with van der Waals surface area (Å²) in [5, 5.41) is 12.6. The molecule has 1 amide bonds. The van der Waals surface area contributed by atoms with Gasteiger partial charge in [0.1, 0.15) is 24.2 Å². The molecule has 0 radical (unpaired) electrons. The minimum Gasteiger partial charge on any atom is -0.508 e. The second-order valence-electron chi connectivity index (χ2n) is 4.74. The zero-order valence-corrected chi connectivity index (χ0v) is 12.0. The van der Waals surface area contributed by atoms with Gasteiger partial charge in [-0.1, -0.05) is 0 Å². The van der Waals surface area contributed by atoms with Crippen molar-refractivity contribution < 1.29 is 24.1 Å². The first kappa shape index (κ1) is 14.6. The van der Waals surface area contributed by atoms with Crippen molar-refractivity contribution in [3.8, 4) is 11.5 Å². The summed E-state index contributed by atoms with van der Waals surface area (Å²) in [6.07, 6.45) is -0.493. The Morgan fingerprint density at radius 3 is 2.75 bits per heavy atom. The van der Waals surface area contributed by atoms with Gasteiger partial charge < -0.3 is 24.6 Å². The Morgan fingerprint density at radius 2 is 2.20 bits per heavy atom. The first-order chi connectivity index (χ1) is 9.46. The number of hydrogen-bond donors (Lipinski definition) is 2. The monoisotopic (exact) mass is 281 g/mol. The van der Waals surface area contributed by atoms with E-state index >= 15 is 0 Å². The van der Waals surface area contributed by atoms with Crippen LogP contribution in [0.3, 0.4) is 0 Å². The van der Waals surface area contributed by atoms with Crippen LogP contribution in [0.4, 0.5) is 0 Å². The van der Waals surface area contributed by atoms with Crippen molar-refractivity contribution in [1.29, 1.82) is 0 Å². The second-order valence-corrected chi connectivity index (χ2v) is 4.74. The van der Waals surface area contributed by atoms with Crippen LogP contribution in [0.5, 0.6) is 11.5 Å². The number of aromatic hydroxyl groups is 1. The van der Waals surface area contributed by atoms with Gasteiger partial charge in [-0.3, -0.25) is 4.79 Å². The summed E-state index contributed by atoms with van der Waals surface area (Å²) >= 11 is 0. The van der Waals surface area contributed by atoms with Crippen LogP contribution in [-0.4, -0.2) is 37.9 Å². The Bertz CT molecular complexity index is 531. The molecule has 0 bridgehead atoms. The molecule has 2 atom stereocenters. The van der Waals surface area contributed by atoms with Gasteiger partial charge in [-0.2, -0.15) is 0 Å². The number of phenolic OH excluding ortho intramolecular Hbond substituents is 1. The third kappa shape index (κ3) is 2.10. The molecule has 1 aromatic carbocycles. The molecule has 6 nitrogen and oxygen atoms in total. The van der Waals surface area contributed by atoms with E-state index < -0.39 is 11.8 Å². The van der Waals surface area contributed by atoms with Crippen molar-refractivity contribution in [2.45, 2.75) is 25.7 Å². The molecule has 0 saturated heterocycles. The molecule has 1 aliphatic rings. The van der Waals surface area contributed by atoms with Gasteiger partial charge in [0.15, 0.2) is 5.72 Å². The van der Waals surface area contributed by atoms with Gasteiger partial charge in [0, 0.05) is 32.3 Å². The molecule has 2 rings (SSSR count). The van der Waals surface area contributed by atoms with Gasteiger partial charge in [-0.05, 0) is 19.1 Å². The zero-order chi connectivity index (χ0) is 14.9. The van der Waals surface area contributed by atoms with E-state index in [4.69, 9.17) is 14.2 Å². The highest BCUT2D eigenvalue weighted by Gasteiger charge is 2.48. The Morgan fingerprint density at radius 1 is 1.50 bits per heavy atom. The van der Waals surface area contributed by atoms with E-state index in [9.17, 15) is 9.90 Å². The maximum Gasteiger partial charge on any atom is 0.219 e. The van der Waals surface area contributed by atoms with E-state index in [1.54, 1.807) is 19.1 Å². The number of benzene rings is 1. The quantitative estimate of drug-likeness (QED) is 0.810.